The maximum absolute atomic E-state index is 12.4. The summed E-state index contributed by atoms with van der Waals surface area (Å²) in [6.45, 7) is 3.58. The van der Waals surface area contributed by atoms with Crippen LogP contribution in [0.5, 0.6) is 0 Å². The summed E-state index contributed by atoms with van der Waals surface area (Å²) in [6, 6.07) is 9.76. The number of rotatable bonds is 5. The van der Waals surface area contributed by atoms with Gasteiger partial charge in [0.25, 0.3) is 0 Å². The molecule has 28 heavy (non-hydrogen) atoms. The van der Waals surface area contributed by atoms with Gasteiger partial charge >= 0.3 is 6.03 Å². The molecule has 8 heteroatoms. The van der Waals surface area contributed by atoms with Crippen LogP contribution in [0.4, 0.5) is 16.2 Å². The van der Waals surface area contributed by atoms with Gasteiger partial charge in [-0.2, -0.15) is 0 Å². The largest absolute Gasteiger partial charge is 0.361 e. The third kappa shape index (κ3) is 4.71. The number of nitrogens with one attached hydrogen (secondary N) is 2. The van der Waals surface area contributed by atoms with E-state index in [-0.39, 0.29) is 12.2 Å². The smallest absolute Gasteiger partial charge is 0.323 e. The van der Waals surface area contributed by atoms with E-state index >= 15 is 0 Å². The number of carbonyl (C=O) groups is 2. The van der Waals surface area contributed by atoms with Crippen LogP contribution >= 0.6 is 23.2 Å². The van der Waals surface area contributed by atoms with Gasteiger partial charge in [-0.1, -0.05) is 34.4 Å². The van der Waals surface area contributed by atoms with E-state index in [2.05, 4.69) is 15.8 Å². The molecule has 0 aliphatic heterocycles. The molecular formula is C20H17Cl2N3O3. The molecule has 0 spiro atoms. The molecule has 0 saturated carbocycles. The highest BCUT2D eigenvalue weighted by Gasteiger charge is 2.15. The molecule has 2 aromatic carbocycles. The molecule has 2 N–H and O–H groups in total. The summed E-state index contributed by atoms with van der Waals surface area (Å²) >= 11 is 11.8. The fourth-order valence-electron chi connectivity index (χ4n) is 2.67. The average Bonchev–Trinajstić information content (AvgIpc) is 3.06. The van der Waals surface area contributed by atoms with Gasteiger partial charge in [0.1, 0.15) is 5.76 Å². The molecule has 144 valence electrons. The predicted octanol–water partition coefficient (Wildman–Crippen LogP) is 5.67. The fourth-order valence-corrected chi connectivity index (χ4v) is 2.97. The van der Waals surface area contributed by atoms with Gasteiger partial charge in [-0.3, -0.25) is 4.79 Å². The van der Waals surface area contributed by atoms with Crippen molar-refractivity contribution in [3.05, 3.63) is 75.1 Å². The number of hydrogen-bond donors (Lipinski definition) is 2. The summed E-state index contributed by atoms with van der Waals surface area (Å²) in [5.41, 5.74) is 3.35. The number of aromatic nitrogens is 1. The number of halogens is 2. The predicted molar refractivity (Wildman–Crippen MR) is 110 cm³/mol. The van der Waals surface area contributed by atoms with Crippen molar-refractivity contribution in [2.75, 3.05) is 10.6 Å². The molecule has 0 atom stereocenters. The molecule has 0 radical (unpaired) electrons. The van der Waals surface area contributed by atoms with Crippen molar-refractivity contribution in [1.29, 1.82) is 0 Å². The summed E-state index contributed by atoms with van der Waals surface area (Å²) < 4.78 is 4.94. The fraction of sp³-hybridized carbons (Fsp3) is 0.150. The topological polar surface area (TPSA) is 84.2 Å². The van der Waals surface area contributed by atoms with Crippen LogP contribution in [0.3, 0.4) is 0 Å². The number of carbonyl (C=O) groups excluding carboxylic acids is 2. The maximum Gasteiger partial charge on any atom is 0.323 e. The highest BCUT2D eigenvalue weighted by molar-refractivity contribution is 6.42. The van der Waals surface area contributed by atoms with Crippen molar-refractivity contribution in [3.63, 3.8) is 0 Å². The van der Waals surface area contributed by atoms with E-state index in [1.54, 1.807) is 37.3 Å². The number of benzene rings is 2. The molecule has 0 aliphatic rings. The van der Waals surface area contributed by atoms with E-state index in [9.17, 15) is 9.59 Å². The summed E-state index contributed by atoms with van der Waals surface area (Å²) in [5, 5.41) is 9.83. The van der Waals surface area contributed by atoms with Gasteiger partial charge in [-0.05, 0) is 55.3 Å². The highest BCUT2D eigenvalue weighted by Crippen LogP contribution is 2.25. The van der Waals surface area contributed by atoms with Gasteiger partial charge in [0.15, 0.2) is 5.78 Å². The Balaban J connectivity index is 1.65. The number of urea groups is 1. The number of anilines is 2. The van der Waals surface area contributed by atoms with Gasteiger partial charge in [0.2, 0.25) is 0 Å². The average molecular weight is 418 g/mol. The van der Waals surface area contributed by atoms with Gasteiger partial charge in [-0.15, -0.1) is 0 Å². The van der Waals surface area contributed by atoms with E-state index in [0.29, 0.717) is 32.7 Å². The monoisotopic (exact) mass is 417 g/mol. The Morgan fingerprint density at radius 1 is 1.00 bits per heavy atom. The molecule has 0 unspecified atom stereocenters. The zero-order valence-corrected chi connectivity index (χ0v) is 16.7. The van der Waals surface area contributed by atoms with Crippen LogP contribution in [0.1, 0.15) is 27.2 Å². The number of Topliss-reactive ketones (excluding diaryl/α,β-unsaturated/α-hetero) is 1. The van der Waals surface area contributed by atoms with E-state index in [4.69, 9.17) is 27.7 Å². The molecule has 2 amide bonds. The Labute approximate surface area is 171 Å². The Kier molecular flexibility index (Phi) is 6.02. The molecule has 0 fully saturated rings. The molecular weight excluding hydrogens is 401 g/mol. The van der Waals surface area contributed by atoms with E-state index in [1.165, 1.54) is 6.20 Å². The zero-order valence-electron chi connectivity index (χ0n) is 15.2. The minimum Gasteiger partial charge on any atom is -0.361 e. The van der Waals surface area contributed by atoms with Gasteiger partial charge in [0.05, 0.1) is 21.8 Å². The Hall–Kier alpha value is -2.83. The van der Waals surface area contributed by atoms with Gasteiger partial charge in [-0.25, -0.2) is 4.79 Å². The van der Waals surface area contributed by atoms with Crippen molar-refractivity contribution < 1.29 is 14.1 Å². The second-order valence-electron chi connectivity index (χ2n) is 6.24. The molecule has 3 aromatic rings. The number of hydrogen-bond acceptors (Lipinski definition) is 4. The first-order valence-corrected chi connectivity index (χ1v) is 9.16. The van der Waals surface area contributed by atoms with Crippen LogP contribution in [0, 0.1) is 13.8 Å². The Bertz CT molecular complexity index is 1050. The number of ketones is 1. The van der Waals surface area contributed by atoms with Crippen molar-refractivity contribution in [2.45, 2.75) is 20.3 Å². The molecule has 0 bridgehead atoms. The van der Waals surface area contributed by atoms with Gasteiger partial charge in [0, 0.05) is 17.8 Å². The first-order valence-electron chi connectivity index (χ1n) is 8.40. The van der Waals surface area contributed by atoms with Crippen molar-refractivity contribution >= 4 is 46.4 Å². The normalized spacial score (nSPS) is 10.6. The van der Waals surface area contributed by atoms with Crippen LogP contribution in [0.2, 0.25) is 10.0 Å². The lowest BCUT2D eigenvalue weighted by Crippen LogP contribution is -2.19. The second kappa shape index (κ2) is 8.46. The van der Waals surface area contributed by atoms with E-state index < -0.39 is 6.03 Å². The second-order valence-corrected chi connectivity index (χ2v) is 7.06. The Morgan fingerprint density at radius 3 is 2.29 bits per heavy atom. The van der Waals surface area contributed by atoms with Crippen LogP contribution in [-0.4, -0.2) is 17.0 Å². The minimum atomic E-state index is -0.415. The first-order chi connectivity index (χ1) is 13.3. The molecule has 6 nitrogen and oxygen atoms in total. The molecule has 0 aliphatic carbocycles. The van der Waals surface area contributed by atoms with Crippen LogP contribution in [0.15, 0.2) is 47.1 Å². The molecule has 0 saturated heterocycles. The molecule has 1 aromatic heterocycles. The standard InChI is InChI=1S/C20H17Cl2N3O3/c1-11-7-14(24-20(27)25-15-5-6-17(21)18(22)9-15)4-3-13(11)8-19(26)16-10-23-28-12(16)2/h3-7,9-10H,8H2,1-2H3,(H2,24,25,27). The van der Waals surface area contributed by atoms with Crippen LogP contribution < -0.4 is 10.6 Å². The van der Waals surface area contributed by atoms with Crippen molar-refractivity contribution in [2.24, 2.45) is 0 Å². The molecule has 1 heterocycles. The lowest BCUT2D eigenvalue weighted by atomic mass is 9.99. The van der Waals surface area contributed by atoms with E-state index in [0.717, 1.165) is 11.1 Å². The third-order valence-corrected chi connectivity index (χ3v) is 4.92. The number of aryl methyl sites for hydroxylation is 2. The first kappa shape index (κ1) is 19.9. The highest BCUT2D eigenvalue weighted by atomic mass is 35.5. The quantitative estimate of drug-likeness (QED) is 0.523. The maximum atomic E-state index is 12.4. The van der Waals surface area contributed by atoms with Crippen molar-refractivity contribution in [3.8, 4) is 0 Å². The third-order valence-electron chi connectivity index (χ3n) is 4.18. The van der Waals surface area contributed by atoms with Gasteiger partial charge < -0.3 is 15.2 Å². The summed E-state index contributed by atoms with van der Waals surface area (Å²) in [6.07, 6.45) is 1.65. The van der Waals surface area contributed by atoms with Crippen LogP contribution in [-0.2, 0) is 6.42 Å². The number of amides is 2. The minimum absolute atomic E-state index is 0.0695. The molecule has 3 rings (SSSR count). The zero-order chi connectivity index (χ0) is 20.3. The lowest BCUT2D eigenvalue weighted by Gasteiger charge is -2.11. The summed E-state index contributed by atoms with van der Waals surface area (Å²) in [5.74, 6) is 0.430. The summed E-state index contributed by atoms with van der Waals surface area (Å²) in [4.78, 5) is 24.5. The van der Waals surface area contributed by atoms with Crippen molar-refractivity contribution in [1.82, 2.24) is 5.16 Å². The van der Waals surface area contributed by atoms with Crippen LogP contribution in [0.25, 0.3) is 0 Å². The SMILES string of the molecule is Cc1cc(NC(=O)Nc2ccc(Cl)c(Cl)c2)ccc1CC(=O)c1cnoc1C. The van der Waals surface area contributed by atoms with E-state index in [1.807, 2.05) is 13.0 Å². The summed E-state index contributed by atoms with van der Waals surface area (Å²) in [7, 11) is 0. The number of nitrogens with zero attached hydrogens (tertiary/aromatic N) is 1. The Morgan fingerprint density at radius 2 is 1.68 bits per heavy atom. The lowest BCUT2D eigenvalue weighted by molar-refractivity contribution is 0.0991.